The van der Waals surface area contributed by atoms with Crippen LogP contribution in [0.5, 0.6) is 0 Å². The van der Waals surface area contributed by atoms with Crippen LogP contribution in [0.15, 0.2) is 41.5 Å². The maximum absolute atomic E-state index is 14.0. The van der Waals surface area contributed by atoms with Gasteiger partial charge in [-0.1, -0.05) is 0 Å². The van der Waals surface area contributed by atoms with Crippen LogP contribution in [0.25, 0.3) is 16.9 Å². The zero-order valence-corrected chi connectivity index (χ0v) is 19.9. The second kappa shape index (κ2) is 7.92. The molecule has 0 saturated heterocycles. The SMILES string of the molecule is COCC12CCC(n3ccn(-c4c(-c5ccc(F)cc5)nn5c4C(C)NCC5)c3=O)(CC1)CC2. The number of hydrogen-bond acceptors (Lipinski definition) is 4. The summed E-state index contributed by atoms with van der Waals surface area (Å²) in [5.74, 6) is -0.286. The topological polar surface area (TPSA) is 66.0 Å². The molecule has 8 heteroatoms. The summed E-state index contributed by atoms with van der Waals surface area (Å²) in [6, 6.07) is 6.43. The van der Waals surface area contributed by atoms with Crippen LogP contribution >= 0.6 is 0 Å². The molecule has 3 saturated carbocycles. The minimum atomic E-state index is -0.286. The van der Waals surface area contributed by atoms with E-state index in [2.05, 4.69) is 12.2 Å². The number of aromatic nitrogens is 4. The lowest BCUT2D eigenvalue weighted by atomic mass is 9.57. The Morgan fingerprint density at radius 3 is 2.50 bits per heavy atom. The molecule has 1 aromatic carbocycles. The molecule has 1 N–H and O–H groups in total. The van der Waals surface area contributed by atoms with Crippen molar-refractivity contribution >= 4 is 0 Å². The summed E-state index contributed by atoms with van der Waals surface area (Å²) in [5.41, 5.74) is 3.46. The van der Waals surface area contributed by atoms with E-state index in [9.17, 15) is 9.18 Å². The Hall–Kier alpha value is -2.71. The van der Waals surface area contributed by atoms with Crippen LogP contribution in [-0.2, 0) is 16.8 Å². The van der Waals surface area contributed by atoms with Crippen molar-refractivity contribution in [3.63, 3.8) is 0 Å². The van der Waals surface area contributed by atoms with Gasteiger partial charge in [0.05, 0.1) is 18.8 Å². The van der Waals surface area contributed by atoms with E-state index < -0.39 is 0 Å². The molecular formula is C26H32FN5O2. The second-order valence-electron chi connectivity index (χ2n) is 10.5. The Bertz CT molecular complexity index is 1250. The van der Waals surface area contributed by atoms with E-state index in [1.165, 1.54) is 12.1 Å². The van der Waals surface area contributed by atoms with Crippen LogP contribution in [-0.4, -0.2) is 39.2 Å². The lowest BCUT2D eigenvalue weighted by molar-refractivity contribution is -0.0478. The fraction of sp³-hybridized carbons (Fsp3) is 0.538. The molecule has 3 fully saturated rings. The lowest BCUT2D eigenvalue weighted by Crippen LogP contribution is -2.52. The number of rotatable bonds is 5. The van der Waals surface area contributed by atoms with E-state index in [0.717, 1.165) is 75.2 Å². The molecule has 34 heavy (non-hydrogen) atoms. The third-order valence-corrected chi connectivity index (χ3v) is 8.61. The first kappa shape index (κ1) is 21.8. The van der Waals surface area contributed by atoms with Gasteiger partial charge < -0.3 is 10.1 Å². The Kier molecular flexibility index (Phi) is 5.08. The molecule has 2 aromatic heterocycles. The van der Waals surface area contributed by atoms with Crippen molar-refractivity contribution < 1.29 is 9.13 Å². The van der Waals surface area contributed by atoms with E-state index >= 15 is 0 Å². The monoisotopic (exact) mass is 465 g/mol. The smallest absolute Gasteiger partial charge is 0.333 e. The van der Waals surface area contributed by atoms with Crippen LogP contribution in [0, 0.1) is 11.2 Å². The van der Waals surface area contributed by atoms with E-state index in [0.29, 0.717) is 5.69 Å². The van der Waals surface area contributed by atoms with Crippen molar-refractivity contribution in [2.75, 3.05) is 20.3 Å². The molecule has 7 rings (SSSR count). The molecule has 3 aliphatic carbocycles. The summed E-state index contributed by atoms with van der Waals surface area (Å²) in [4.78, 5) is 14.0. The highest BCUT2D eigenvalue weighted by Crippen LogP contribution is 2.55. The van der Waals surface area contributed by atoms with Gasteiger partial charge in [-0.25, -0.2) is 9.18 Å². The minimum absolute atomic E-state index is 0.0157. The standard InChI is InChI=1S/C26H32FN5O2/c1-18-22-23(21(29-32(22)14-13-28-18)19-3-5-20(27)6-4-19)30-15-16-31(24(30)33)26-10-7-25(8-11-26,9-12-26)17-34-2/h3-6,15-16,18,28H,7-14,17H2,1-2H3. The quantitative estimate of drug-likeness (QED) is 0.619. The number of hydrogen-bond donors (Lipinski definition) is 1. The first-order chi connectivity index (χ1) is 16.5. The summed E-state index contributed by atoms with van der Waals surface area (Å²) >= 11 is 0. The first-order valence-electron chi connectivity index (χ1n) is 12.4. The largest absolute Gasteiger partial charge is 0.384 e. The summed E-state index contributed by atoms with van der Waals surface area (Å²) in [5, 5.41) is 8.38. The van der Waals surface area contributed by atoms with Crippen molar-refractivity contribution in [3.05, 3.63) is 58.7 Å². The van der Waals surface area contributed by atoms with E-state index in [-0.39, 0.29) is 28.5 Å². The highest BCUT2D eigenvalue weighted by atomic mass is 19.1. The van der Waals surface area contributed by atoms with Crippen LogP contribution < -0.4 is 11.0 Å². The van der Waals surface area contributed by atoms with Gasteiger partial charge in [-0.15, -0.1) is 0 Å². The highest BCUT2D eigenvalue weighted by Gasteiger charge is 2.50. The molecule has 0 radical (unpaired) electrons. The Labute approximate surface area is 198 Å². The predicted octanol–water partition coefficient (Wildman–Crippen LogP) is 4.00. The number of nitrogens with one attached hydrogen (secondary N) is 1. The van der Waals surface area contributed by atoms with Gasteiger partial charge in [0.2, 0.25) is 0 Å². The van der Waals surface area contributed by atoms with Gasteiger partial charge in [-0.05, 0) is 75.1 Å². The molecule has 1 unspecified atom stereocenters. The van der Waals surface area contributed by atoms with E-state index in [1.807, 2.05) is 21.6 Å². The maximum Gasteiger partial charge on any atom is 0.333 e. The predicted molar refractivity (Wildman–Crippen MR) is 128 cm³/mol. The fourth-order valence-corrected chi connectivity index (χ4v) is 6.62. The molecule has 3 aromatic rings. The van der Waals surface area contributed by atoms with Crippen molar-refractivity contribution in [2.45, 2.75) is 63.6 Å². The third kappa shape index (κ3) is 3.22. The molecule has 1 atom stereocenters. The van der Waals surface area contributed by atoms with Gasteiger partial charge in [0, 0.05) is 43.2 Å². The molecule has 1 aliphatic heterocycles. The number of imidazole rings is 1. The highest BCUT2D eigenvalue weighted by molar-refractivity contribution is 5.71. The van der Waals surface area contributed by atoms with Gasteiger partial charge >= 0.3 is 5.69 Å². The van der Waals surface area contributed by atoms with Crippen LogP contribution in [0.1, 0.15) is 57.2 Å². The zero-order chi connectivity index (χ0) is 23.5. The molecule has 2 bridgehead atoms. The summed E-state index contributed by atoms with van der Waals surface area (Å²) in [6.07, 6.45) is 10.2. The molecule has 7 nitrogen and oxygen atoms in total. The molecule has 3 heterocycles. The second-order valence-corrected chi connectivity index (χ2v) is 10.5. The average molecular weight is 466 g/mol. The molecular weight excluding hydrogens is 433 g/mol. The van der Waals surface area contributed by atoms with E-state index in [1.54, 1.807) is 23.8 Å². The first-order valence-corrected chi connectivity index (χ1v) is 12.4. The van der Waals surface area contributed by atoms with Crippen molar-refractivity contribution in [1.82, 2.24) is 24.2 Å². The zero-order valence-electron chi connectivity index (χ0n) is 19.9. The Balaban J connectivity index is 1.45. The number of methoxy groups -OCH3 is 1. The summed E-state index contributed by atoms with van der Waals surface area (Å²) < 4.78 is 24.9. The minimum Gasteiger partial charge on any atom is -0.384 e. The maximum atomic E-state index is 14.0. The average Bonchev–Trinajstić information content (AvgIpc) is 3.42. The van der Waals surface area contributed by atoms with Crippen molar-refractivity contribution in [1.29, 1.82) is 0 Å². The number of benzene rings is 1. The van der Waals surface area contributed by atoms with Gasteiger partial charge in [0.15, 0.2) is 0 Å². The van der Waals surface area contributed by atoms with Crippen LogP contribution in [0.3, 0.4) is 0 Å². The molecule has 0 spiro atoms. The van der Waals surface area contributed by atoms with Gasteiger partial charge in [0.1, 0.15) is 17.2 Å². The molecule has 0 amide bonds. The number of fused-ring (bicyclic) bond motifs is 4. The van der Waals surface area contributed by atoms with Crippen LogP contribution in [0.2, 0.25) is 0 Å². The van der Waals surface area contributed by atoms with Gasteiger partial charge in [-0.3, -0.25) is 13.8 Å². The molecule has 4 aliphatic rings. The van der Waals surface area contributed by atoms with Gasteiger partial charge in [0.25, 0.3) is 0 Å². The van der Waals surface area contributed by atoms with Crippen molar-refractivity contribution in [2.24, 2.45) is 5.41 Å². The van der Waals surface area contributed by atoms with Gasteiger partial charge in [-0.2, -0.15) is 5.10 Å². The Morgan fingerprint density at radius 1 is 1.12 bits per heavy atom. The lowest BCUT2D eigenvalue weighted by Gasteiger charge is -2.53. The number of nitrogens with zero attached hydrogens (tertiary/aromatic N) is 4. The number of ether oxygens (including phenoxy) is 1. The Morgan fingerprint density at radius 2 is 1.82 bits per heavy atom. The normalized spacial score (nSPS) is 28.3. The van der Waals surface area contributed by atoms with Crippen LogP contribution in [0.4, 0.5) is 4.39 Å². The van der Waals surface area contributed by atoms with E-state index in [4.69, 9.17) is 9.84 Å². The fourth-order valence-electron chi connectivity index (χ4n) is 6.62. The summed E-state index contributed by atoms with van der Waals surface area (Å²) in [6.45, 7) is 4.46. The van der Waals surface area contributed by atoms with Crippen molar-refractivity contribution in [3.8, 4) is 16.9 Å². The molecule has 180 valence electrons. The third-order valence-electron chi connectivity index (χ3n) is 8.61. The summed E-state index contributed by atoms with van der Waals surface area (Å²) in [7, 11) is 1.79. The number of halogens is 1.